The number of aryl methyl sites for hydroxylation is 1. The number of rotatable bonds is 3. The second kappa shape index (κ2) is 5.65. The number of benzene rings is 1. The Balaban J connectivity index is 1.77. The standard InChI is InChI=1S/C16H13N7O/c1-11-7-18-12(8-17-11)10-22-16(24)14-9-19-23(15(14)20-21-22)13-5-3-2-4-6-13/h2-9H,10H2,1H3. The van der Waals surface area contributed by atoms with Crippen LogP contribution >= 0.6 is 0 Å². The average molecular weight is 319 g/mol. The molecule has 0 aliphatic heterocycles. The van der Waals surface area contributed by atoms with Gasteiger partial charge in [0.2, 0.25) is 0 Å². The lowest BCUT2D eigenvalue weighted by molar-refractivity contribution is 0.587. The van der Waals surface area contributed by atoms with Gasteiger partial charge >= 0.3 is 0 Å². The zero-order valence-electron chi connectivity index (χ0n) is 12.9. The van der Waals surface area contributed by atoms with Crippen LogP contribution in [0.2, 0.25) is 0 Å². The molecule has 0 aliphatic rings. The Bertz CT molecular complexity index is 1050. The van der Waals surface area contributed by atoms with Gasteiger partial charge in [-0.05, 0) is 19.1 Å². The van der Waals surface area contributed by atoms with Gasteiger partial charge in [-0.3, -0.25) is 14.8 Å². The van der Waals surface area contributed by atoms with Gasteiger partial charge in [0.05, 0.1) is 36.0 Å². The van der Waals surface area contributed by atoms with Crippen molar-refractivity contribution in [1.82, 2.24) is 34.7 Å². The van der Waals surface area contributed by atoms with Gasteiger partial charge in [0, 0.05) is 6.20 Å². The van der Waals surface area contributed by atoms with E-state index in [0.717, 1.165) is 11.4 Å². The minimum absolute atomic E-state index is 0.214. The van der Waals surface area contributed by atoms with Crippen LogP contribution in [0.25, 0.3) is 16.7 Å². The Morgan fingerprint density at radius 1 is 1.04 bits per heavy atom. The molecule has 0 saturated heterocycles. The SMILES string of the molecule is Cc1cnc(Cn2nnc3c(cnn3-c3ccccc3)c2=O)cn1. The number of aromatic nitrogens is 7. The van der Waals surface area contributed by atoms with Crippen LogP contribution in [0.15, 0.2) is 53.7 Å². The van der Waals surface area contributed by atoms with Crippen molar-refractivity contribution in [3.8, 4) is 5.69 Å². The highest BCUT2D eigenvalue weighted by atomic mass is 16.1. The van der Waals surface area contributed by atoms with Crippen LogP contribution in [0, 0.1) is 6.92 Å². The van der Waals surface area contributed by atoms with E-state index in [2.05, 4.69) is 25.4 Å². The van der Waals surface area contributed by atoms with Crippen molar-refractivity contribution >= 4 is 11.0 Å². The quantitative estimate of drug-likeness (QED) is 0.562. The largest absolute Gasteiger partial charge is 0.281 e. The van der Waals surface area contributed by atoms with Gasteiger partial charge in [-0.2, -0.15) is 5.10 Å². The van der Waals surface area contributed by atoms with Gasteiger partial charge in [-0.15, -0.1) is 5.10 Å². The first-order valence-electron chi connectivity index (χ1n) is 7.37. The Labute approximate surface area is 136 Å². The number of hydrogen-bond donors (Lipinski definition) is 0. The maximum atomic E-state index is 12.6. The molecular formula is C16H13N7O. The number of nitrogens with zero attached hydrogens (tertiary/aromatic N) is 7. The molecule has 0 amide bonds. The Hall–Kier alpha value is -3.42. The highest BCUT2D eigenvalue weighted by Gasteiger charge is 2.13. The second-order valence-corrected chi connectivity index (χ2v) is 5.33. The van der Waals surface area contributed by atoms with Crippen molar-refractivity contribution in [1.29, 1.82) is 0 Å². The summed E-state index contributed by atoms with van der Waals surface area (Å²) in [5.74, 6) is 0. The normalized spacial score (nSPS) is 11.0. The molecule has 24 heavy (non-hydrogen) atoms. The molecule has 3 aromatic heterocycles. The first kappa shape index (κ1) is 14.2. The van der Waals surface area contributed by atoms with Crippen molar-refractivity contribution in [3.05, 3.63) is 70.7 Å². The highest BCUT2D eigenvalue weighted by Crippen LogP contribution is 2.12. The first-order chi connectivity index (χ1) is 11.7. The van der Waals surface area contributed by atoms with Gasteiger partial charge in [-0.25, -0.2) is 9.36 Å². The van der Waals surface area contributed by atoms with Crippen molar-refractivity contribution in [3.63, 3.8) is 0 Å². The van der Waals surface area contributed by atoms with Gasteiger partial charge in [-0.1, -0.05) is 23.4 Å². The van der Waals surface area contributed by atoms with Gasteiger partial charge in [0.25, 0.3) is 5.56 Å². The van der Waals surface area contributed by atoms with Crippen LogP contribution in [-0.4, -0.2) is 34.7 Å². The molecule has 0 bridgehead atoms. The molecule has 8 nitrogen and oxygen atoms in total. The number of para-hydroxylation sites is 1. The molecule has 0 radical (unpaired) electrons. The summed E-state index contributed by atoms with van der Waals surface area (Å²) in [4.78, 5) is 21.0. The van der Waals surface area contributed by atoms with Crippen LogP contribution in [0.4, 0.5) is 0 Å². The van der Waals surface area contributed by atoms with E-state index in [9.17, 15) is 4.79 Å². The van der Waals surface area contributed by atoms with E-state index < -0.39 is 0 Å². The molecule has 118 valence electrons. The van der Waals surface area contributed by atoms with Crippen LogP contribution in [0.5, 0.6) is 0 Å². The summed E-state index contributed by atoms with van der Waals surface area (Å²) in [5.41, 5.74) is 2.45. The minimum atomic E-state index is -0.260. The average Bonchev–Trinajstić information content (AvgIpc) is 3.05. The first-order valence-corrected chi connectivity index (χ1v) is 7.37. The lowest BCUT2D eigenvalue weighted by atomic mass is 10.3. The third-order valence-electron chi connectivity index (χ3n) is 3.60. The fourth-order valence-corrected chi connectivity index (χ4v) is 2.38. The molecule has 8 heteroatoms. The fourth-order valence-electron chi connectivity index (χ4n) is 2.38. The third kappa shape index (κ3) is 2.43. The molecule has 4 rings (SSSR count). The molecule has 0 fully saturated rings. The molecule has 0 atom stereocenters. The highest BCUT2D eigenvalue weighted by molar-refractivity contribution is 5.74. The third-order valence-corrected chi connectivity index (χ3v) is 3.60. The Morgan fingerprint density at radius 3 is 2.62 bits per heavy atom. The lowest BCUT2D eigenvalue weighted by Gasteiger charge is -2.04. The van der Waals surface area contributed by atoms with Crippen molar-refractivity contribution in [2.45, 2.75) is 13.5 Å². The van der Waals surface area contributed by atoms with E-state index in [1.807, 2.05) is 37.3 Å². The summed E-state index contributed by atoms with van der Waals surface area (Å²) in [5, 5.41) is 12.8. The maximum absolute atomic E-state index is 12.6. The topological polar surface area (TPSA) is 91.4 Å². The van der Waals surface area contributed by atoms with Gasteiger partial charge < -0.3 is 0 Å². The molecule has 0 N–H and O–H groups in total. The molecule has 0 saturated carbocycles. The molecule has 1 aromatic carbocycles. The van der Waals surface area contributed by atoms with E-state index in [4.69, 9.17) is 0 Å². The summed E-state index contributed by atoms with van der Waals surface area (Å²) in [6.07, 6.45) is 4.79. The summed E-state index contributed by atoms with van der Waals surface area (Å²) in [7, 11) is 0. The molecule has 0 aliphatic carbocycles. The number of fused-ring (bicyclic) bond motifs is 1. The van der Waals surface area contributed by atoms with E-state index in [1.54, 1.807) is 17.1 Å². The Kier molecular flexibility index (Phi) is 3.34. The van der Waals surface area contributed by atoms with Crippen LogP contribution in [-0.2, 0) is 6.54 Å². The summed E-state index contributed by atoms with van der Waals surface area (Å²) >= 11 is 0. The number of hydrogen-bond acceptors (Lipinski definition) is 6. The molecule has 0 unspecified atom stereocenters. The monoisotopic (exact) mass is 319 g/mol. The Morgan fingerprint density at radius 2 is 1.88 bits per heavy atom. The van der Waals surface area contributed by atoms with Crippen molar-refractivity contribution < 1.29 is 0 Å². The molecule has 0 spiro atoms. The van der Waals surface area contributed by atoms with Crippen LogP contribution in [0.1, 0.15) is 11.4 Å². The second-order valence-electron chi connectivity index (χ2n) is 5.33. The van der Waals surface area contributed by atoms with Crippen molar-refractivity contribution in [2.24, 2.45) is 0 Å². The smallest absolute Gasteiger partial charge is 0.267 e. The summed E-state index contributed by atoms with van der Waals surface area (Å²) in [6.45, 7) is 2.07. The zero-order chi connectivity index (χ0) is 16.5. The van der Waals surface area contributed by atoms with Gasteiger partial charge in [0.1, 0.15) is 5.39 Å². The zero-order valence-corrected chi connectivity index (χ0v) is 12.9. The van der Waals surface area contributed by atoms with E-state index in [-0.39, 0.29) is 12.1 Å². The fraction of sp³-hybridized carbons (Fsp3) is 0.125. The lowest BCUT2D eigenvalue weighted by Crippen LogP contribution is -2.25. The summed E-state index contributed by atoms with van der Waals surface area (Å²) < 4.78 is 2.86. The van der Waals surface area contributed by atoms with E-state index >= 15 is 0 Å². The molecule has 3 heterocycles. The van der Waals surface area contributed by atoms with Gasteiger partial charge in [0.15, 0.2) is 5.65 Å². The molecule has 4 aromatic rings. The van der Waals surface area contributed by atoms with E-state index in [1.165, 1.54) is 10.9 Å². The van der Waals surface area contributed by atoms with Crippen LogP contribution < -0.4 is 5.56 Å². The maximum Gasteiger partial charge on any atom is 0.281 e. The van der Waals surface area contributed by atoms with E-state index in [0.29, 0.717) is 16.7 Å². The predicted octanol–water partition coefficient (Wildman–Crippen LogP) is 1.12. The predicted molar refractivity (Wildman–Crippen MR) is 86.8 cm³/mol. The van der Waals surface area contributed by atoms with Crippen LogP contribution in [0.3, 0.4) is 0 Å². The minimum Gasteiger partial charge on any atom is -0.267 e. The molecular weight excluding hydrogens is 306 g/mol. The summed E-state index contributed by atoms with van der Waals surface area (Å²) in [6, 6.07) is 9.49. The van der Waals surface area contributed by atoms with Crippen molar-refractivity contribution in [2.75, 3.05) is 0 Å².